The van der Waals surface area contributed by atoms with Gasteiger partial charge in [0, 0.05) is 11.8 Å². The van der Waals surface area contributed by atoms with Crippen LogP contribution in [0.25, 0.3) is 21.9 Å². The van der Waals surface area contributed by atoms with Crippen molar-refractivity contribution >= 4 is 41.5 Å². The zero-order chi connectivity index (χ0) is 27.8. The number of nitrogen functional groups attached to an aromatic ring is 1. The van der Waals surface area contributed by atoms with Gasteiger partial charge in [0.2, 0.25) is 0 Å². The third-order valence-corrected chi connectivity index (χ3v) is 8.10. The normalized spacial score (nSPS) is 21.2. The van der Waals surface area contributed by atoms with Gasteiger partial charge in [-0.15, -0.1) is 0 Å². The number of carbonyl (C=O) groups excluding carboxylic acids is 1. The monoisotopic (exact) mass is 556 g/mol. The molecule has 4 N–H and O–H groups in total. The van der Waals surface area contributed by atoms with Crippen molar-refractivity contribution in [2.24, 2.45) is 0 Å². The van der Waals surface area contributed by atoms with Crippen molar-refractivity contribution in [2.75, 3.05) is 19.5 Å². The molecule has 0 bridgehead atoms. The second-order valence-electron chi connectivity index (χ2n) is 9.62. The largest absolute Gasteiger partial charge is 0.468 e. The van der Waals surface area contributed by atoms with Gasteiger partial charge in [0.1, 0.15) is 29.2 Å². The topological polar surface area (TPSA) is 173 Å². The first-order chi connectivity index (χ1) is 18.6. The minimum atomic E-state index is -4.20. The van der Waals surface area contributed by atoms with Gasteiger partial charge in [0.05, 0.1) is 26.1 Å². The highest BCUT2D eigenvalue weighted by atomic mass is 31.2. The maximum absolute atomic E-state index is 14.1. The van der Waals surface area contributed by atoms with Gasteiger partial charge in [0.25, 0.3) is 0 Å². The molecule has 206 valence electrons. The molecule has 5 rings (SSSR count). The fourth-order valence-electron chi connectivity index (χ4n) is 4.45. The van der Waals surface area contributed by atoms with Crippen molar-refractivity contribution < 1.29 is 33.0 Å². The molecule has 39 heavy (non-hydrogen) atoms. The molecule has 2 aromatic heterocycles. The first kappa shape index (κ1) is 27.0. The van der Waals surface area contributed by atoms with E-state index >= 15 is 0 Å². The smallest absolute Gasteiger partial charge is 0.459 e. The number of aliphatic hydroxyl groups excluding tert-OH is 1. The van der Waals surface area contributed by atoms with Crippen LogP contribution < -0.4 is 15.3 Å². The minimum Gasteiger partial charge on any atom is -0.468 e. The van der Waals surface area contributed by atoms with Crippen molar-refractivity contribution in [1.29, 1.82) is 0 Å². The lowest BCUT2D eigenvalue weighted by Gasteiger charge is -2.29. The average molecular weight is 557 g/mol. The number of nitrogens with one attached hydrogen (secondary N) is 1. The maximum atomic E-state index is 14.1. The maximum Gasteiger partial charge on any atom is 0.459 e. The van der Waals surface area contributed by atoms with E-state index in [0.29, 0.717) is 22.3 Å². The molecule has 1 aliphatic heterocycles. The number of hydrogen-bond acceptors (Lipinski definition) is 11. The van der Waals surface area contributed by atoms with Crippen molar-refractivity contribution in [1.82, 2.24) is 24.6 Å². The lowest BCUT2D eigenvalue weighted by Crippen LogP contribution is -2.46. The van der Waals surface area contributed by atoms with Crippen LogP contribution in [0.1, 0.15) is 26.5 Å². The molecule has 1 aliphatic rings. The van der Waals surface area contributed by atoms with Gasteiger partial charge in [-0.25, -0.2) is 19.5 Å². The summed E-state index contributed by atoms with van der Waals surface area (Å²) >= 11 is 0. The number of aliphatic hydroxyl groups is 1. The first-order valence-corrected chi connectivity index (χ1v) is 13.7. The number of aromatic nitrogens is 4. The molecular weight excluding hydrogens is 527 g/mol. The Bertz CT molecular complexity index is 1560. The van der Waals surface area contributed by atoms with E-state index < -0.39 is 37.7 Å². The van der Waals surface area contributed by atoms with Gasteiger partial charge >= 0.3 is 13.7 Å². The first-order valence-electron chi connectivity index (χ1n) is 12.2. The van der Waals surface area contributed by atoms with Crippen LogP contribution in [0.3, 0.4) is 0 Å². The Balaban J connectivity index is 1.37. The third-order valence-electron chi connectivity index (χ3n) is 6.34. The molecule has 0 radical (unpaired) electrons. The molecule has 4 aromatic rings. The molecular formula is C25H29N6O7P. The molecule has 1 saturated heterocycles. The molecule has 13 nitrogen and oxygen atoms in total. The zero-order valence-electron chi connectivity index (χ0n) is 21.6. The Morgan fingerprint density at radius 1 is 1.23 bits per heavy atom. The Morgan fingerprint density at radius 3 is 2.79 bits per heavy atom. The van der Waals surface area contributed by atoms with Crippen LogP contribution in [0.4, 0.5) is 5.82 Å². The Labute approximate surface area is 223 Å². The summed E-state index contributed by atoms with van der Waals surface area (Å²) in [6.45, 7) is 2.79. The fourth-order valence-corrected chi connectivity index (χ4v) is 6.17. The number of methoxy groups -OCH3 is 1. The predicted octanol–water partition coefficient (Wildman–Crippen LogP) is 2.96. The van der Waals surface area contributed by atoms with Crippen molar-refractivity contribution in [3.63, 3.8) is 0 Å². The zero-order valence-corrected chi connectivity index (χ0v) is 22.4. The number of carbonyl (C=O) groups is 1. The number of esters is 1. The van der Waals surface area contributed by atoms with Crippen molar-refractivity contribution in [3.05, 3.63) is 55.1 Å². The average Bonchev–Trinajstić information content (AvgIpc) is 3.50. The second kappa shape index (κ2) is 10.5. The number of imidazole rings is 1. The van der Waals surface area contributed by atoms with E-state index in [9.17, 15) is 14.5 Å². The van der Waals surface area contributed by atoms with Crippen LogP contribution >= 0.6 is 7.75 Å². The number of ether oxygens (including phenoxy) is 2. The molecule has 0 aliphatic carbocycles. The van der Waals surface area contributed by atoms with Crippen LogP contribution in [-0.2, 0) is 23.4 Å². The molecule has 0 amide bonds. The van der Waals surface area contributed by atoms with E-state index in [1.165, 1.54) is 33.6 Å². The lowest BCUT2D eigenvalue weighted by molar-refractivity contribution is -0.146. The number of anilines is 1. The summed E-state index contributed by atoms with van der Waals surface area (Å²) in [5, 5.41) is 15.0. The third kappa shape index (κ3) is 5.45. The van der Waals surface area contributed by atoms with Crippen LogP contribution in [0.5, 0.6) is 5.75 Å². The summed E-state index contributed by atoms with van der Waals surface area (Å²) in [6, 6.07) is 12.8. The molecule has 0 saturated carbocycles. The van der Waals surface area contributed by atoms with Gasteiger partial charge in [-0.3, -0.25) is 13.9 Å². The predicted molar refractivity (Wildman–Crippen MR) is 142 cm³/mol. The van der Waals surface area contributed by atoms with Crippen molar-refractivity contribution in [2.45, 2.75) is 44.2 Å². The van der Waals surface area contributed by atoms with Gasteiger partial charge in [-0.05, 0) is 25.3 Å². The Kier molecular flexibility index (Phi) is 7.27. The summed E-state index contributed by atoms with van der Waals surface area (Å²) in [5.74, 6) is -0.150. The van der Waals surface area contributed by atoms with E-state index in [1.54, 1.807) is 16.7 Å². The quantitative estimate of drug-likeness (QED) is 0.203. The summed E-state index contributed by atoms with van der Waals surface area (Å²) in [5.41, 5.74) is 5.24. The van der Waals surface area contributed by atoms with Crippen LogP contribution in [-0.4, -0.2) is 62.1 Å². The van der Waals surface area contributed by atoms with Gasteiger partial charge in [0.15, 0.2) is 17.7 Å². The summed E-state index contributed by atoms with van der Waals surface area (Å²) in [6.07, 6.45) is 0.476. The SMILES string of the molecule is COC(=O)C(C)(C)NP(=O)(OC[C@@H]1C[C@H](O)[C@H](n2cnc3c(N)ncnc32)O1)Oc1cccc2ccccc12. The van der Waals surface area contributed by atoms with Gasteiger partial charge < -0.3 is 24.8 Å². The van der Waals surface area contributed by atoms with E-state index in [1.807, 2.05) is 30.3 Å². The molecule has 3 heterocycles. The summed E-state index contributed by atoms with van der Waals surface area (Å²) in [7, 11) is -2.97. The Hall–Kier alpha value is -3.61. The molecule has 1 fully saturated rings. The summed E-state index contributed by atoms with van der Waals surface area (Å²) in [4.78, 5) is 24.7. The van der Waals surface area contributed by atoms with E-state index in [-0.39, 0.29) is 18.8 Å². The lowest BCUT2D eigenvalue weighted by atomic mass is 10.1. The van der Waals surface area contributed by atoms with E-state index in [0.717, 1.165) is 5.39 Å². The highest BCUT2D eigenvalue weighted by molar-refractivity contribution is 7.52. The van der Waals surface area contributed by atoms with Crippen LogP contribution in [0.15, 0.2) is 55.1 Å². The van der Waals surface area contributed by atoms with Crippen LogP contribution in [0, 0.1) is 0 Å². The molecule has 4 atom stereocenters. The molecule has 0 spiro atoms. The highest BCUT2D eigenvalue weighted by Gasteiger charge is 2.43. The molecule has 2 aromatic carbocycles. The fraction of sp³-hybridized carbons (Fsp3) is 0.360. The molecule has 14 heteroatoms. The second-order valence-corrected chi connectivity index (χ2v) is 11.3. The highest BCUT2D eigenvalue weighted by Crippen LogP contribution is 2.49. The van der Waals surface area contributed by atoms with Crippen LogP contribution in [0.2, 0.25) is 0 Å². The number of nitrogens with two attached hydrogens (primary N) is 1. The van der Waals surface area contributed by atoms with Gasteiger partial charge in [-0.2, -0.15) is 5.09 Å². The van der Waals surface area contributed by atoms with E-state index in [2.05, 4.69) is 20.0 Å². The summed E-state index contributed by atoms with van der Waals surface area (Å²) < 4.78 is 38.3. The Morgan fingerprint density at radius 2 is 2.00 bits per heavy atom. The standard InChI is InChI=1S/C25H29N6O7P/c1-25(2,24(33)35-3)30-39(34,38-19-10-6-8-15-7-4-5-9-17(15)19)36-12-16-11-18(32)23(37-16)31-14-29-20-21(26)27-13-28-22(20)31/h4-10,13-14,16,18,23,32H,11-12H2,1-3H3,(H,30,34)(H2,26,27,28)/t16-,18-,23+,39?/m0/s1. The number of hydrogen-bond donors (Lipinski definition) is 3. The number of nitrogens with zero attached hydrogens (tertiary/aromatic N) is 4. The number of fused-ring (bicyclic) bond motifs is 2. The van der Waals surface area contributed by atoms with E-state index in [4.69, 9.17) is 24.3 Å². The number of rotatable bonds is 9. The van der Waals surface area contributed by atoms with Crippen molar-refractivity contribution in [3.8, 4) is 5.75 Å². The van der Waals surface area contributed by atoms with Gasteiger partial charge in [-0.1, -0.05) is 36.4 Å². The minimum absolute atomic E-state index is 0.166. The number of benzene rings is 2. The molecule has 1 unspecified atom stereocenters.